The van der Waals surface area contributed by atoms with E-state index in [0.29, 0.717) is 36.2 Å². The number of phenols is 1. The molecular formula is C39H56O4. The molecule has 2 N–H and O–H groups in total. The van der Waals surface area contributed by atoms with E-state index in [1.165, 1.54) is 50.2 Å². The lowest BCUT2D eigenvalue weighted by Crippen LogP contribution is -2.67. The molecule has 4 heteroatoms. The zero-order valence-electron chi connectivity index (χ0n) is 27.6. The van der Waals surface area contributed by atoms with Crippen molar-refractivity contribution in [2.45, 2.75) is 112 Å². The normalized spacial score (nSPS) is 45.0. The SMILES string of the molecule is C=C(C)C1CCC2(CO)CCC3(C)C(CCC4C5(C)CCC(OC(=O)C=Cc6ccc(O)cc6)C(C)(C)C5CCC43C)C12. The maximum Gasteiger partial charge on any atom is 0.331 e. The number of esters is 1. The van der Waals surface area contributed by atoms with Crippen LogP contribution in [0.3, 0.4) is 0 Å². The molecule has 1 aromatic carbocycles. The van der Waals surface area contributed by atoms with Crippen molar-refractivity contribution in [1.82, 2.24) is 0 Å². The Bertz CT molecular complexity index is 1280. The summed E-state index contributed by atoms with van der Waals surface area (Å²) in [6.45, 7) is 19.7. The highest BCUT2D eigenvalue weighted by atomic mass is 16.5. The van der Waals surface area contributed by atoms with Gasteiger partial charge in [0.1, 0.15) is 11.9 Å². The molecule has 5 aliphatic rings. The van der Waals surface area contributed by atoms with Gasteiger partial charge in [-0.1, -0.05) is 58.9 Å². The van der Waals surface area contributed by atoms with Gasteiger partial charge >= 0.3 is 5.97 Å². The van der Waals surface area contributed by atoms with Crippen molar-refractivity contribution in [1.29, 1.82) is 0 Å². The molecule has 4 nitrogen and oxygen atoms in total. The summed E-state index contributed by atoms with van der Waals surface area (Å²) >= 11 is 0. The van der Waals surface area contributed by atoms with Gasteiger partial charge in [-0.05, 0) is 146 Å². The molecule has 43 heavy (non-hydrogen) atoms. The lowest BCUT2D eigenvalue weighted by molar-refractivity contribution is -0.251. The van der Waals surface area contributed by atoms with Gasteiger partial charge in [-0.2, -0.15) is 0 Å². The number of ether oxygens (including phenoxy) is 1. The number of aliphatic hydroxyl groups is 1. The van der Waals surface area contributed by atoms with Gasteiger partial charge in [0.2, 0.25) is 0 Å². The maximum absolute atomic E-state index is 13.0. The van der Waals surface area contributed by atoms with Crippen LogP contribution in [-0.4, -0.2) is 28.9 Å². The van der Waals surface area contributed by atoms with Crippen molar-refractivity contribution in [2.75, 3.05) is 6.61 Å². The standard InChI is InChI=1S/C39H56O4/c1-25(2)28-16-21-39(24-40)23-22-37(6)29(34(28)39)13-14-31-36(5)19-18-32(35(3,4)30(36)17-20-38(31,37)7)43-33(42)15-10-26-8-11-27(41)12-9-26/h8-12,15,28-32,34,40-41H,1,13-14,16-24H2,2-7H3. The number of carbonyl (C=O) groups excluding carboxylic acids is 1. The van der Waals surface area contributed by atoms with Crippen molar-refractivity contribution < 1.29 is 19.7 Å². The summed E-state index contributed by atoms with van der Waals surface area (Å²) in [6, 6.07) is 6.85. The van der Waals surface area contributed by atoms with E-state index >= 15 is 0 Å². The van der Waals surface area contributed by atoms with Crippen LogP contribution in [0.25, 0.3) is 6.08 Å². The second kappa shape index (κ2) is 10.5. The van der Waals surface area contributed by atoms with Crippen LogP contribution in [0.2, 0.25) is 0 Å². The van der Waals surface area contributed by atoms with Crippen LogP contribution in [0.4, 0.5) is 0 Å². The number of rotatable bonds is 5. The predicted octanol–water partition coefficient (Wildman–Crippen LogP) is 8.97. The number of phenolic OH excluding ortho intramolecular Hbond substituents is 1. The van der Waals surface area contributed by atoms with Crippen molar-refractivity contribution >= 4 is 12.0 Å². The van der Waals surface area contributed by atoms with Crippen LogP contribution in [0.1, 0.15) is 111 Å². The lowest BCUT2D eigenvalue weighted by atomic mass is 9.32. The third-order valence-electron chi connectivity index (χ3n) is 15.1. The van der Waals surface area contributed by atoms with Crippen LogP contribution in [-0.2, 0) is 9.53 Å². The first kappa shape index (κ1) is 30.9. The van der Waals surface area contributed by atoms with E-state index in [1.807, 2.05) is 0 Å². The van der Waals surface area contributed by atoms with E-state index in [2.05, 4.69) is 48.1 Å². The fraction of sp³-hybridized carbons (Fsp3) is 0.718. The Kier molecular flexibility index (Phi) is 7.55. The van der Waals surface area contributed by atoms with E-state index < -0.39 is 0 Å². The van der Waals surface area contributed by atoms with Crippen LogP contribution in [0, 0.1) is 56.7 Å². The third-order valence-corrected chi connectivity index (χ3v) is 15.1. The van der Waals surface area contributed by atoms with Gasteiger partial charge in [-0.25, -0.2) is 4.79 Å². The minimum absolute atomic E-state index is 0.0894. The fourth-order valence-electron chi connectivity index (χ4n) is 12.7. The monoisotopic (exact) mass is 588 g/mol. The van der Waals surface area contributed by atoms with E-state index in [-0.39, 0.29) is 44.9 Å². The molecule has 1 aromatic rings. The molecule has 0 spiro atoms. The van der Waals surface area contributed by atoms with Gasteiger partial charge in [0.25, 0.3) is 0 Å². The Balaban J connectivity index is 1.23. The molecule has 5 saturated carbocycles. The van der Waals surface area contributed by atoms with Gasteiger partial charge in [0, 0.05) is 18.1 Å². The van der Waals surface area contributed by atoms with E-state index in [0.717, 1.165) is 31.2 Å². The van der Waals surface area contributed by atoms with Gasteiger partial charge in [-0.3, -0.25) is 0 Å². The summed E-state index contributed by atoms with van der Waals surface area (Å²) in [6.07, 6.45) is 15.0. The Morgan fingerprint density at radius 2 is 1.63 bits per heavy atom. The molecule has 6 rings (SSSR count). The van der Waals surface area contributed by atoms with Crippen LogP contribution >= 0.6 is 0 Å². The van der Waals surface area contributed by atoms with Gasteiger partial charge in [0.05, 0.1) is 0 Å². The zero-order chi connectivity index (χ0) is 31.0. The highest BCUT2D eigenvalue weighted by Crippen LogP contribution is 2.77. The highest BCUT2D eigenvalue weighted by Gasteiger charge is 2.71. The van der Waals surface area contributed by atoms with Gasteiger partial charge in [-0.15, -0.1) is 0 Å². The molecule has 0 bridgehead atoms. The largest absolute Gasteiger partial charge is 0.508 e. The molecule has 5 fully saturated rings. The molecule has 5 aliphatic carbocycles. The summed E-state index contributed by atoms with van der Waals surface area (Å²) in [5, 5.41) is 20.3. The van der Waals surface area contributed by atoms with Crippen LogP contribution < -0.4 is 0 Å². The molecule has 0 aliphatic heterocycles. The van der Waals surface area contributed by atoms with Crippen molar-refractivity contribution in [2.24, 2.45) is 56.7 Å². The molecule has 0 amide bonds. The fourth-order valence-corrected chi connectivity index (χ4v) is 12.7. The summed E-state index contributed by atoms with van der Waals surface area (Å²) in [5.74, 6) is 2.90. The molecule has 0 radical (unpaired) electrons. The molecular weight excluding hydrogens is 532 g/mol. The summed E-state index contributed by atoms with van der Waals surface area (Å²) in [5.41, 5.74) is 2.98. The number of fused-ring (bicyclic) bond motifs is 7. The first-order valence-corrected chi connectivity index (χ1v) is 17.2. The maximum atomic E-state index is 13.0. The summed E-state index contributed by atoms with van der Waals surface area (Å²) in [7, 11) is 0. The van der Waals surface area contributed by atoms with E-state index in [9.17, 15) is 15.0 Å². The third kappa shape index (κ3) is 4.50. The number of carbonyl (C=O) groups is 1. The Hall–Kier alpha value is -2.07. The quantitative estimate of drug-likeness (QED) is 0.205. The second-order valence-electron chi connectivity index (χ2n) is 16.9. The molecule has 10 atom stereocenters. The Labute approximate surface area is 260 Å². The zero-order valence-corrected chi connectivity index (χ0v) is 27.6. The minimum atomic E-state index is -0.276. The average Bonchev–Trinajstić information content (AvgIpc) is 3.35. The number of aliphatic hydroxyl groups excluding tert-OH is 1. The average molecular weight is 589 g/mol. The molecule has 236 valence electrons. The first-order valence-electron chi connectivity index (χ1n) is 17.2. The van der Waals surface area contributed by atoms with E-state index in [4.69, 9.17) is 4.74 Å². The Morgan fingerprint density at radius 1 is 0.907 bits per heavy atom. The minimum Gasteiger partial charge on any atom is -0.508 e. The second-order valence-corrected chi connectivity index (χ2v) is 16.9. The van der Waals surface area contributed by atoms with Gasteiger partial charge < -0.3 is 14.9 Å². The highest BCUT2D eigenvalue weighted by molar-refractivity contribution is 5.87. The molecule has 0 heterocycles. The van der Waals surface area contributed by atoms with Crippen LogP contribution in [0.15, 0.2) is 42.5 Å². The van der Waals surface area contributed by atoms with Crippen LogP contribution in [0.5, 0.6) is 5.75 Å². The van der Waals surface area contributed by atoms with Crippen molar-refractivity contribution in [3.63, 3.8) is 0 Å². The molecule has 0 aromatic heterocycles. The van der Waals surface area contributed by atoms with Gasteiger partial charge in [0.15, 0.2) is 0 Å². The summed E-state index contributed by atoms with van der Waals surface area (Å²) in [4.78, 5) is 13.0. The number of benzene rings is 1. The smallest absolute Gasteiger partial charge is 0.331 e. The topological polar surface area (TPSA) is 66.8 Å². The lowest BCUT2D eigenvalue weighted by Gasteiger charge is -2.73. The number of hydrogen-bond acceptors (Lipinski definition) is 4. The number of allylic oxidation sites excluding steroid dienone is 1. The van der Waals surface area contributed by atoms with E-state index in [1.54, 1.807) is 30.3 Å². The summed E-state index contributed by atoms with van der Waals surface area (Å²) < 4.78 is 6.21. The van der Waals surface area contributed by atoms with Crippen molar-refractivity contribution in [3.05, 3.63) is 48.1 Å². The molecule has 0 saturated heterocycles. The number of aromatic hydroxyl groups is 1. The first-order chi connectivity index (χ1) is 20.2. The number of hydrogen-bond donors (Lipinski definition) is 2. The molecule has 10 unspecified atom stereocenters. The Morgan fingerprint density at radius 3 is 2.30 bits per heavy atom. The van der Waals surface area contributed by atoms with Crippen molar-refractivity contribution in [3.8, 4) is 5.75 Å². The predicted molar refractivity (Wildman–Crippen MR) is 173 cm³/mol.